The molecule has 0 saturated carbocycles. The van der Waals surface area contributed by atoms with Gasteiger partial charge in [0.2, 0.25) is 11.8 Å². The Bertz CT molecular complexity index is 891. The highest BCUT2D eigenvalue weighted by Gasteiger charge is 2.32. The normalized spacial score (nSPS) is 21.3. The number of nitro benzene ring substituents is 1. The molecule has 0 bridgehead atoms. The van der Waals surface area contributed by atoms with Crippen molar-refractivity contribution in [2.45, 2.75) is 33.6 Å². The second-order valence-electron chi connectivity index (χ2n) is 8.62. The highest BCUT2D eigenvalue weighted by atomic mass is 16.6. The van der Waals surface area contributed by atoms with Crippen molar-refractivity contribution in [1.29, 1.82) is 0 Å². The van der Waals surface area contributed by atoms with Crippen LogP contribution in [0.5, 0.6) is 0 Å². The lowest BCUT2D eigenvalue weighted by Crippen LogP contribution is -2.35. The molecule has 0 amide bonds. The highest BCUT2D eigenvalue weighted by Crippen LogP contribution is 2.38. The molecule has 1 aliphatic rings. The molecule has 168 valence electrons. The van der Waals surface area contributed by atoms with E-state index < -0.39 is 4.92 Å². The summed E-state index contributed by atoms with van der Waals surface area (Å²) in [7, 11) is 1.72. The van der Waals surface area contributed by atoms with Gasteiger partial charge in [-0.2, -0.15) is 0 Å². The third kappa shape index (κ3) is 5.98. The van der Waals surface area contributed by atoms with Crippen molar-refractivity contribution in [3.63, 3.8) is 0 Å². The fourth-order valence-corrected chi connectivity index (χ4v) is 4.34. The summed E-state index contributed by atoms with van der Waals surface area (Å²) in [6, 6.07) is 6.16. The molecule has 0 saturated heterocycles. The molecule has 1 heterocycles. The number of allylic oxidation sites excluding steroid dienone is 1. The summed E-state index contributed by atoms with van der Waals surface area (Å²) in [5.74, 6) is 3.03. The number of aromatic nitrogens is 2. The molecule has 3 atom stereocenters. The number of benzene rings is 1. The van der Waals surface area contributed by atoms with Crippen LogP contribution in [-0.2, 0) is 11.2 Å². The maximum atomic E-state index is 10.8. The summed E-state index contributed by atoms with van der Waals surface area (Å²) in [4.78, 5) is 10.4. The third-order valence-electron chi connectivity index (χ3n) is 6.16. The SMILES string of the molecule is COCCNC[C@@H]1C=C(C)[C@H](Cc2nnc(-c3ccc([N+](=O)[O-])cc3)o2)C[C@H]1C(C)C. The van der Waals surface area contributed by atoms with E-state index in [1.54, 1.807) is 19.2 Å². The van der Waals surface area contributed by atoms with Crippen LogP contribution in [0, 0.1) is 33.8 Å². The van der Waals surface area contributed by atoms with Crippen LogP contribution in [0.25, 0.3) is 11.5 Å². The van der Waals surface area contributed by atoms with Gasteiger partial charge in [-0.15, -0.1) is 10.2 Å². The van der Waals surface area contributed by atoms with Crippen molar-refractivity contribution in [2.24, 2.45) is 23.7 Å². The smallest absolute Gasteiger partial charge is 0.269 e. The second kappa shape index (κ2) is 10.6. The molecule has 8 heteroatoms. The minimum atomic E-state index is -0.424. The van der Waals surface area contributed by atoms with Gasteiger partial charge < -0.3 is 14.5 Å². The average molecular weight is 429 g/mol. The number of non-ortho nitro benzene ring substituents is 1. The molecule has 1 N–H and O–H groups in total. The monoisotopic (exact) mass is 428 g/mol. The van der Waals surface area contributed by atoms with Crippen LogP contribution in [0.1, 0.15) is 33.1 Å². The van der Waals surface area contributed by atoms with E-state index >= 15 is 0 Å². The summed E-state index contributed by atoms with van der Waals surface area (Å²) in [6.07, 6.45) is 4.20. The van der Waals surface area contributed by atoms with Gasteiger partial charge in [0.25, 0.3) is 5.69 Å². The van der Waals surface area contributed by atoms with E-state index in [4.69, 9.17) is 9.15 Å². The summed E-state index contributed by atoms with van der Waals surface area (Å²) < 4.78 is 11.0. The van der Waals surface area contributed by atoms with Gasteiger partial charge in [0.1, 0.15) is 0 Å². The largest absolute Gasteiger partial charge is 0.421 e. The Kier molecular flexibility index (Phi) is 7.92. The van der Waals surface area contributed by atoms with Crippen molar-refractivity contribution in [1.82, 2.24) is 15.5 Å². The lowest BCUT2D eigenvalue weighted by atomic mass is 9.70. The van der Waals surface area contributed by atoms with Crippen molar-refractivity contribution in [3.8, 4) is 11.5 Å². The number of rotatable bonds is 10. The molecule has 2 aromatic rings. The molecule has 1 aliphatic carbocycles. The second-order valence-corrected chi connectivity index (χ2v) is 8.62. The molecule has 0 aliphatic heterocycles. The highest BCUT2D eigenvalue weighted by molar-refractivity contribution is 5.55. The molecule has 0 unspecified atom stereocenters. The molecular formula is C23H32N4O4. The fourth-order valence-electron chi connectivity index (χ4n) is 4.34. The zero-order valence-electron chi connectivity index (χ0n) is 18.7. The summed E-state index contributed by atoms with van der Waals surface area (Å²) in [5.41, 5.74) is 2.09. The number of ether oxygens (including phenoxy) is 1. The number of methoxy groups -OCH3 is 1. The quantitative estimate of drug-likeness (QED) is 0.261. The van der Waals surface area contributed by atoms with Crippen molar-refractivity contribution < 1.29 is 14.1 Å². The van der Waals surface area contributed by atoms with Gasteiger partial charge in [-0.1, -0.05) is 25.5 Å². The summed E-state index contributed by atoms with van der Waals surface area (Å²) in [6.45, 7) is 9.31. The molecule has 31 heavy (non-hydrogen) atoms. The predicted molar refractivity (Wildman–Crippen MR) is 119 cm³/mol. The van der Waals surface area contributed by atoms with Crippen LogP contribution in [0.2, 0.25) is 0 Å². The van der Waals surface area contributed by atoms with E-state index in [0.717, 1.165) is 26.1 Å². The first kappa shape index (κ1) is 23.1. The van der Waals surface area contributed by atoms with E-state index in [0.29, 0.717) is 47.4 Å². The minimum absolute atomic E-state index is 0.0393. The Hall–Kier alpha value is -2.58. The first-order chi connectivity index (χ1) is 14.9. The standard InChI is InChI=1S/C23H32N4O4/c1-15(2)21-12-18(16(3)11-19(21)14-24-9-10-30-4)13-22-25-26-23(31-22)17-5-7-20(8-6-17)27(28)29/h5-8,11,15,18-19,21,24H,9-10,12-14H2,1-4H3/t18-,19-,21-/m0/s1. The van der Waals surface area contributed by atoms with Crippen molar-refractivity contribution in [2.75, 3.05) is 26.8 Å². The minimum Gasteiger partial charge on any atom is -0.421 e. The van der Waals surface area contributed by atoms with Gasteiger partial charge >= 0.3 is 0 Å². The predicted octanol–water partition coefficient (Wildman–Crippen LogP) is 4.28. The molecule has 3 rings (SSSR count). The van der Waals surface area contributed by atoms with Crippen molar-refractivity contribution in [3.05, 3.63) is 51.9 Å². The van der Waals surface area contributed by atoms with E-state index in [-0.39, 0.29) is 5.69 Å². The molecule has 1 aromatic carbocycles. The van der Waals surface area contributed by atoms with Gasteiger partial charge in [-0.25, -0.2) is 0 Å². The summed E-state index contributed by atoms with van der Waals surface area (Å²) in [5, 5.41) is 22.7. The van der Waals surface area contributed by atoms with E-state index in [1.165, 1.54) is 17.7 Å². The van der Waals surface area contributed by atoms with Gasteiger partial charge in [0, 0.05) is 44.3 Å². The fraction of sp³-hybridized carbons (Fsp3) is 0.565. The van der Waals surface area contributed by atoms with E-state index in [9.17, 15) is 10.1 Å². The van der Waals surface area contributed by atoms with Crippen LogP contribution < -0.4 is 5.32 Å². The maximum Gasteiger partial charge on any atom is 0.269 e. The Balaban J connectivity index is 1.67. The Labute approximate surface area is 183 Å². The molecule has 1 aromatic heterocycles. The number of nitrogens with one attached hydrogen (secondary N) is 1. The molecule has 0 radical (unpaired) electrons. The molecule has 8 nitrogen and oxygen atoms in total. The number of hydrogen-bond acceptors (Lipinski definition) is 7. The first-order valence-corrected chi connectivity index (χ1v) is 10.8. The lowest BCUT2D eigenvalue weighted by Gasteiger charge is -2.37. The van der Waals surface area contributed by atoms with Crippen LogP contribution in [0.3, 0.4) is 0 Å². The van der Waals surface area contributed by atoms with Crippen molar-refractivity contribution >= 4 is 5.69 Å². The lowest BCUT2D eigenvalue weighted by molar-refractivity contribution is -0.384. The Morgan fingerprint density at radius 2 is 2.03 bits per heavy atom. The first-order valence-electron chi connectivity index (χ1n) is 10.8. The van der Waals surface area contributed by atoms with Gasteiger partial charge in [-0.3, -0.25) is 10.1 Å². The Morgan fingerprint density at radius 3 is 2.68 bits per heavy atom. The van der Waals surface area contributed by atoms with E-state index in [1.807, 2.05) is 0 Å². The third-order valence-corrected chi connectivity index (χ3v) is 6.16. The van der Waals surface area contributed by atoms with Gasteiger partial charge in [0.15, 0.2) is 0 Å². The number of hydrogen-bond donors (Lipinski definition) is 1. The van der Waals surface area contributed by atoms with Crippen LogP contribution in [0.4, 0.5) is 5.69 Å². The Morgan fingerprint density at radius 1 is 1.29 bits per heavy atom. The molecule has 0 fully saturated rings. The summed E-state index contributed by atoms with van der Waals surface area (Å²) >= 11 is 0. The average Bonchev–Trinajstić information content (AvgIpc) is 3.21. The topological polar surface area (TPSA) is 103 Å². The maximum absolute atomic E-state index is 10.8. The van der Waals surface area contributed by atoms with Gasteiger partial charge in [-0.05, 0) is 49.1 Å². The van der Waals surface area contributed by atoms with Crippen LogP contribution in [-0.4, -0.2) is 41.9 Å². The number of nitrogens with zero attached hydrogens (tertiary/aromatic N) is 3. The molecule has 0 spiro atoms. The zero-order valence-corrected chi connectivity index (χ0v) is 18.7. The number of nitro groups is 1. The van der Waals surface area contributed by atoms with Gasteiger partial charge in [0.05, 0.1) is 11.5 Å². The van der Waals surface area contributed by atoms with E-state index in [2.05, 4.69) is 42.4 Å². The van der Waals surface area contributed by atoms with Crippen LogP contribution >= 0.6 is 0 Å². The van der Waals surface area contributed by atoms with Crippen LogP contribution in [0.15, 0.2) is 40.3 Å². The molecular weight excluding hydrogens is 396 g/mol. The zero-order chi connectivity index (χ0) is 22.4.